The third-order valence-electron chi connectivity index (χ3n) is 1.45. The molecule has 0 radical (unpaired) electrons. The summed E-state index contributed by atoms with van der Waals surface area (Å²) in [6, 6.07) is 0. The maximum absolute atomic E-state index is 4.39. The molecule has 0 aliphatic carbocycles. The molecule has 0 amide bonds. The third kappa shape index (κ3) is 9.25. The summed E-state index contributed by atoms with van der Waals surface area (Å²) in [6.07, 6.45) is 1.88. The summed E-state index contributed by atoms with van der Waals surface area (Å²) in [6.45, 7) is 12.5. The lowest BCUT2D eigenvalue weighted by Crippen LogP contribution is -2.01. The highest BCUT2D eigenvalue weighted by molar-refractivity contribution is 6.29. The standard InChI is InChI=1S/C11H22N2/c1-9(2)6-12-8-11(5)13-7-10(3)4/h8-10H,6-7H2,1-5H3. The molecule has 0 aliphatic rings. The zero-order valence-corrected chi connectivity index (χ0v) is 9.54. The van der Waals surface area contributed by atoms with E-state index in [1.807, 2.05) is 13.1 Å². The van der Waals surface area contributed by atoms with E-state index in [4.69, 9.17) is 0 Å². The molecule has 0 saturated carbocycles. The van der Waals surface area contributed by atoms with Crippen molar-refractivity contribution in [2.75, 3.05) is 13.1 Å². The maximum Gasteiger partial charge on any atom is 0.0495 e. The fourth-order valence-electron chi connectivity index (χ4n) is 0.763. The highest BCUT2D eigenvalue weighted by Crippen LogP contribution is 1.93. The first-order valence-corrected chi connectivity index (χ1v) is 5.03. The Morgan fingerprint density at radius 2 is 1.62 bits per heavy atom. The van der Waals surface area contributed by atoms with Crippen LogP contribution in [0.4, 0.5) is 0 Å². The first-order valence-electron chi connectivity index (χ1n) is 5.03. The van der Waals surface area contributed by atoms with Gasteiger partial charge in [-0.1, -0.05) is 27.7 Å². The van der Waals surface area contributed by atoms with Gasteiger partial charge in [-0.3, -0.25) is 9.98 Å². The Labute approximate surface area is 82.2 Å². The topological polar surface area (TPSA) is 24.7 Å². The van der Waals surface area contributed by atoms with E-state index >= 15 is 0 Å². The minimum Gasteiger partial charge on any atom is -0.291 e. The molecule has 13 heavy (non-hydrogen) atoms. The smallest absolute Gasteiger partial charge is 0.0495 e. The Morgan fingerprint density at radius 1 is 1.08 bits per heavy atom. The van der Waals surface area contributed by atoms with Crippen molar-refractivity contribution in [3.8, 4) is 0 Å². The van der Waals surface area contributed by atoms with Crippen molar-refractivity contribution in [3.63, 3.8) is 0 Å². The van der Waals surface area contributed by atoms with Crippen molar-refractivity contribution < 1.29 is 0 Å². The summed E-state index contributed by atoms with van der Waals surface area (Å²) in [5.41, 5.74) is 1.04. The van der Waals surface area contributed by atoms with Crippen LogP contribution in [0.1, 0.15) is 34.6 Å². The van der Waals surface area contributed by atoms with E-state index in [0.29, 0.717) is 11.8 Å². The van der Waals surface area contributed by atoms with Gasteiger partial charge in [0.1, 0.15) is 0 Å². The van der Waals surface area contributed by atoms with Crippen LogP contribution in [0.5, 0.6) is 0 Å². The van der Waals surface area contributed by atoms with Gasteiger partial charge in [-0.15, -0.1) is 0 Å². The molecule has 2 nitrogen and oxygen atoms in total. The van der Waals surface area contributed by atoms with Gasteiger partial charge in [0.2, 0.25) is 0 Å². The van der Waals surface area contributed by atoms with E-state index < -0.39 is 0 Å². The normalized spacial score (nSPS) is 13.6. The van der Waals surface area contributed by atoms with Gasteiger partial charge in [0, 0.05) is 25.0 Å². The van der Waals surface area contributed by atoms with Crippen molar-refractivity contribution in [1.29, 1.82) is 0 Å². The molecular formula is C11H22N2. The van der Waals surface area contributed by atoms with Crippen LogP contribution in [0, 0.1) is 11.8 Å². The van der Waals surface area contributed by atoms with Crippen LogP contribution < -0.4 is 0 Å². The maximum atomic E-state index is 4.39. The Bertz CT molecular complexity index is 179. The predicted molar refractivity (Wildman–Crippen MR) is 61.0 cm³/mol. The molecule has 0 bridgehead atoms. The molecule has 0 fully saturated rings. The molecule has 0 rings (SSSR count). The zero-order valence-electron chi connectivity index (χ0n) is 9.54. The molecule has 76 valence electrons. The first kappa shape index (κ1) is 12.3. The van der Waals surface area contributed by atoms with Gasteiger partial charge in [0.15, 0.2) is 0 Å². The average Bonchev–Trinajstić information content (AvgIpc) is 2.00. The van der Waals surface area contributed by atoms with Crippen molar-refractivity contribution >= 4 is 11.9 Å². The lowest BCUT2D eigenvalue weighted by molar-refractivity contribution is 0.664. The summed E-state index contributed by atoms with van der Waals surface area (Å²) in [7, 11) is 0. The number of rotatable bonds is 5. The summed E-state index contributed by atoms with van der Waals surface area (Å²) in [4.78, 5) is 8.68. The molecule has 0 aromatic carbocycles. The summed E-state index contributed by atoms with van der Waals surface area (Å²) in [5, 5.41) is 0. The minimum absolute atomic E-state index is 0.633. The molecule has 0 spiro atoms. The van der Waals surface area contributed by atoms with Crippen LogP contribution in [0.2, 0.25) is 0 Å². The Morgan fingerprint density at radius 3 is 2.08 bits per heavy atom. The SMILES string of the molecule is CC(C=NCC(C)C)=NCC(C)C. The monoisotopic (exact) mass is 182 g/mol. The lowest BCUT2D eigenvalue weighted by Gasteiger charge is -1.99. The fraction of sp³-hybridized carbons (Fsp3) is 0.818. The van der Waals surface area contributed by atoms with Gasteiger partial charge in [-0.05, 0) is 18.8 Å². The molecule has 0 heterocycles. The third-order valence-corrected chi connectivity index (χ3v) is 1.45. The first-order chi connectivity index (χ1) is 6.02. The van der Waals surface area contributed by atoms with Crippen LogP contribution in [-0.4, -0.2) is 25.0 Å². The van der Waals surface area contributed by atoms with Gasteiger partial charge in [0.25, 0.3) is 0 Å². The van der Waals surface area contributed by atoms with Gasteiger partial charge in [-0.25, -0.2) is 0 Å². The zero-order chi connectivity index (χ0) is 10.3. The second-order valence-electron chi connectivity index (χ2n) is 4.26. The lowest BCUT2D eigenvalue weighted by atomic mass is 10.2. The van der Waals surface area contributed by atoms with Crippen molar-refractivity contribution in [3.05, 3.63) is 0 Å². The van der Waals surface area contributed by atoms with Crippen molar-refractivity contribution in [2.45, 2.75) is 34.6 Å². The highest BCUT2D eigenvalue weighted by atomic mass is 14.8. The summed E-state index contributed by atoms with van der Waals surface area (Å²) in [5.74, 6) is 1.27. The van der Waals surface area contributed by atoms with E-state index in [9.17, 15) is 0 Å². The van der Waals surface area contributed by atoms with E-state index in [1.165, 1.54) is 0 Å². The van der Waals surface area contributed by atoms with Crippen LogP contribution in [-0.2, 0) is 0 Å². The number of hydrogen-bond acceptors (Lipinski definition) is 2. The van der Waals surface area contributed by atoms with Crippen LogP contribution in [0.25, 0.3) is 0 Å². The van der Waals surface area contributed by atoms with Gasteiger partial charge >= 0.3 is 0 Å². The van der Waals surface area contributed by atoms with Crippen LogP contribution in [0.3, 0.4) is 0 Å². The average molecular weight is 182 g/mol. The number of nitrogens with zero attached hydrogens (tertiary/aromatic N) is 2. The minimum atomic E-state index is 0.633. The van der Waals surface area contributed by atoms with E-state index in [1.54, 1.807) is 0 Å². The predicted octanol–water partition coefficient (Wildman–Crippen LogP) is 2.83. The largest absolute Gasteiger partial charge is 0.291 e. The molecule has 0 aromatic rings. The molecule has 2 heteroatoms. The molecule has 0 aliphatic heterocycles. The van der Waals surface area contributed by atoms with Gasteiger partial charge < -0.3 is 0 Å². The quantitative estimate of drug-likeness (QED) is 0.584. The van der Waals surface area contributed by atoms with E-state index in [-0.39, 0.29) is 0 Å². The Hall–Kier alpha value is -0.660. The highest BCUT2D eigenvalue weighted by Gasteiger charge is 1.91. The van der Waals surface area contributed by atoms with Crippen LogP contribution in [0.15, 0.2) is 9.98 Å². The van der Waals surface area contributed by atoms with Crippen LogP contribution >= 0.6 is 0 Å². The number of aliphatic imine (C=N–C) groups is 2. The Balaban J connectivity index is 3.77. The van der Waals surface area contributed by atoms with Crippen molar-refractivity contribution in [2.24, 2.45) is 21.8 Å². The summed E-state index contributed by atoms with van der Waals surface area (Å²) < 4.78 is 0. The van der Waals surface area contributed by atoms with Gasteiger partial charge in [0.05, 0.1) is 0 Å². The summed E-state index contributed by atoms with van der Waals surface area (Å²) >= 11 is 0. The number of hydrogen-bond donors (Lipinski definition) is 0. The Kier molecular flexibility index (Phi) is 6.47. The molecule has 0 aromatic heterocycles. The van der Waals surface area contributed by atoms with E-state index in [0.717, 1.165) is 18.8 Å². The van der Waals surface area contributed by atoms with Gasteiger partial charge in [-0.2, -0.15) is 0 Å². The van der Waals surface area contributed by atoms with E-state index in [2.05, 4.69) is 37.7 Å². The van der Waals surface area contributed by atoms with Crippen molar-refractivity contribution in [1.82, 2.24) is 0 Å². The molecule has 0 unspecified atom stereocenters. The molecule has 0 atom stereocenters. The molecule has 0 saturated heterocycles. The molecular weight excluding hydrogens is 160 g/mol. The molecule has 0 N–H and O–H groups in total. The fourth-order valence-corrected chi connectivity index (χ4v) is 0.763. The second kappa shape index (κ2) is 6.81. The second-order valence-corrected chi connectivity index (χ2v) is 4.26.